The van der Waals surface area contributed by atoms with Crippen LogP contribution in [0.1, 0.15) is 104 Å². The predicted molar refractivity (Wildman–Crippen MR) is 279 cm³/mol. The maximum Gasteiger partial charge on any atom is 0.326 e. The number of carbonyl (C=O) groups excluding carboxylic acids is 9. The highest BCUT2D eigenvalue weighted by Gasteiger charge is 2.41. The number of hydrogen-bond acceptors (Lipinski definition) is 16. The first-order valence-corrected chi connectivity index (χ1v) is 25.6. The van der Waals surface area contributed by atoms with E-state index < -0.39 is 164 Å². The van der Waals surface area contributed by atoms with E-state index in [2.05, 4.69) is 42.2 Å². The van der Waals surface area contributed by atoms with Crippen LogP contribution >= 0.6 is 0 Å². The number of rotatable bonds is 35. The van der Waals surface area contributed by atoms with Gasteiger partial charge in [0.25, 0.3) is 0 Å². The second-order valence-electron chi connectivity index (χ2n) is 19.9. The van der Waals surface area contributed by atoms with Crippen LogP contribution in [0.25, 0.3) is 0 Å². The summed E-state index contributed by atoms with van der Waals surface area (Å²) in [6.07, 6.45) is -3.30. The fourth-order valence-corrected chi connectivity index (χ4v) is 8.23. The quantitative estimate of drug-likeness (QED) is 0.0173. The van der Waals surface area contributed by atoms with Crippen LogP contribution in [0.15, 0.2) is 29.3 Å². The van der Waals surface area contributed by atoms with E-state index in [9.17, 15) is 83.1 Å². The number of hydrogen-bond donors (Lipinski definition) is 16. The maximum atomic E-state index is 14.3. The van der Waals surface area contributed by atoms with Gasteiger partial charge in [0.05, 0.1) is 19.1 Å². The smallest absolute Gasteiger partial charge is 0.326 e. The summed E-state index contributed by atoms with van der Waals surface area (Å²) in [5.41, 5.74) is 22.6. The maximum absolute atomic E-state index is 14.3. The Morgan fingerprint density at radius 1 is 0.620 bits per heavy atom. The number of benzene rings is 1. The van der Waals surface area contributed by atoms with Gasteiger partial charge in [-0.3, -0.25) is 57.7 Å². The summed E-state index contributed by atoms with van der Waals surface area (Å²) in [6.45, 7) is 5.91. The molecule has 0 aromatic heterocycles. The number of guanidine groups is 1. The van der Waals surface area contributed by atoms with E-state index in [1.165, 1.54) is 24.3 Å². The van der Waals surface area contributed by atoms with Crippen molar-refractivity contribution < 1.29 is 83.1 Å². The fraction of sp³-hybridized carbons (Fsp3) is 0.612. The second kappa shape index (κ2) is 33.2. The molecule has 1 heterocycles. The summed E-state index contributed by atoms with van der Waals surface area (Å²) < 4.78 is 0. The summed E-state index contributed by atoms with van der Waals surface area (Å²) in [7, 11) is 0. The summed E-state index contributed by atoms with van der Waals surface area (Å²) in [4.78, 5) is 163. The van der Waals surface area contributed by atoms with Crippen molar-refractivity contribution in [2.24, 2.45) is 39.8 Å². The molecule has 30 heteroatoms. The van der Waals surface area contributed by atoms with E-state index in [4.69, 9.17) is 22.9 Å². The van der Waals surface area contributed by atoms with E-state index in [-0.39, 0.29) is 81.6 Å². The average Bonchev–Trinajstić information content (AvgIpc) is 3.86. The number of aliphatic carboxylic acids is 3. The van der Waals surface area contributed by atoms with Gasteiger partial charge < -0.3 is 90.6 Å². The van der Waals surface area contributed by atoms with Crippen LogP contribution in [-0.2, 0) is 64.0 Å². The van der Waals surface area contributed by atoms with Crippen molar-refractivity contribution >= 4 is 77.0 Å². The molecule has 1 aromatic carbocycles. The SMILES string of the molecule is CC(C)C[C@H](NC(=O)[C@@H]1CCCN1C(=O)[C@H](CCC(=O)O)NC(=O)[C@H](CCC(N)=O)NC(=O)[C@H](CC(=O)O)NC(=O)[C@H](CO)NC(=O)[C@H](CCCN=C(N)N)NC(=O)[C@@H](N)CC(C)C)C(=O)N[C@@H](Cc1ccc(O)cc1)C(=O)O. The minimum atomic E-state index is -2.06. The number of carbonyl (C=O) groups is 12. The van der Waals surface area contributed by atoms with Crippen molar-refractivity contribution in [1.29, 1.82) is 0 Å². The molecule has 2 rings (SSSR count). The fourth-order valence-electron chi connectivity index (χ4n) is 8.23. The number of primary amides is 1. The Kier molecular flexibility index (Phi) is 28.1. The molecule has 1 aliphatic heterocycles. The predicted octanol–water partition coefficient (Wildman–Crippen LogP) is -4.53. The Balaban J connectivity index is 2.38. The number of aliphatic imine (C=N–C) groups is 1. The number of aromatic hydroxyl groups is 1. The van der Waals surface area contributed by atoms with E-state index in [1.54, 1.807) is 13.8 Å². The Labute approximate surface area is 455 Å². The van der Waals surface area contributed by atoms with Gasteiger partial charge in [-0.2, -0.15) is 0 Å². The number of amides is 9. The van der Waals surface area contributed by atoms with Gasteiger partial charge in [0.1, 0.15) is 54.1 Å². The number of phenolic OH excluding ortho intramolecular Hbond substituents is 1. The molecule has 30 nitrogen and oxygen atoms in total. The van der Waals surface area contributed by atoms with Gasteiger partial charge in [0, 0.05) is 32.4 Å². The van der Waals surface area contributed by atoms with Gasteiger partial charge in [-0.05, 0) is 80.9 Å². The van der Waals surface area contributed by atoms with Crippen LogP contribution in [0.2, 0.25) is 0 Å². The first-order valence-electron chi connectivity index (χ1n) is 25.6. The van der Waals surface area contributed by atoms with Gasteiger partial charge in [0.15, 0.2) is 5.96 Å². The minimum absolute atomic E-state index is 0.00432. The number of nitrogens with zero attached hydrogens (tertiary/aromatic N) is 2. The van der Waals surface area contributed by atoms with Crippen molar-refractivity contribution in [3.05, 3.63) is 29.8 Å². The molecule has 9 atom stereocenters. The summed E-state index contributed by atoms with van der Waals surface area (Å²) in [5, 5.41) is 65.5. The van der Waals surface area contributed by atoms with Crippen LogP contribution in [0.3, 0.4) is 0 Å². The number of aliphatic hydroxyl groups excluding tert-OH is 1. The molecule has 1 aliphatic rings. The zero-order valence-corrected chi connectivity index (χ0v) is 44.6. The van der Waals surface area contributed by atoms with Gasteiger partial charge >= 0.3 is 17.9 Å². The van der Waals surface area contributed by atoms with E-state index >= 15 is 0 Å². The topological polar surface area (TPSA) is 510 Å². The Morgan fingerprint density at radius 3 is 1.67 bits per heavy atom. The van der Waals surface area contributed by atoms with Crippen molar-refractivity contribution in [2.75, 3.05) is 19.7 Å². The first-order chi connectivity index (χ1) is 37.0. The van der Waals surface area contributed by atoms with E-state index in [1.807, 2.05) is 13.8 Å². The Bertz CT molecular complexity index is 2350. The van der Waals surface area contributed by atoms with Crippen LogP contribution < -0.4 is 60.2 Å². The molecule has 0 saturated carbocycles. The molecule has 0 spiro atoms. The van der Waals surface area contributed by atoms with Crippen LogP contribution in [0.4, 0.5) is 0 Å². The largest absolute Gasteiger partial charge is 0.508 e. The molecular weight excluding hydrogens is 1040 g/mol. The minimum Gasteiger partial charge on any atom is -0.508 e. The number of nitrogens with one attached hydrogen (secondary N) is 7. The molecule has 0 aliphatic carbocycles. The van der Waals surface area contributed by atoms with Gasteiger partial charge in [-0.25, -0.2) is 4.79 Å². The Morgan fingerprint density at radius 2 is 1.13 bits per heavy atom. The van der Waals surface area contributed by atoms with Crippen molar-refractivity contribution in [1.82, 2.24) is 42.1 Å². The highest BCUT2D eigenvalue weighted by Crippen LogP contribution is 2.21. The lowest BCUT2D eigenvalue weighted by Crippen LogP contribution is -2.61. The zero-order valence-electron chi connectivity index (χ0n) is 44.6. The van der Waals surface area contributed by atoms with Crippen LogP contribution in [-0.4, -0.2) is 182 Å². The summed E-state index contributed by atoms with van der Waals surface area (Å²) in [6, 6.07) is -8.35. The van der Waals surface area contributed by atoms with Crippen molar-refractivity contribution in [3.8, 4) is 5.75 Å². The molecule has 1 aromatic rings. The Hall–Kier alpha value is -8.15. The van der Waals surface area contributed by atoms with Crippen molar-refractivity contribution in [2.45, 2.75) is 159 Å². The number of nitrogens with two attached hydrogens (primary N) is 4. The lowest BCUT2D eigenvalue weighted by molar-refractivity contribution is -0.144. The number of aliphatic hydroxyl groups is 1. The molecule has 440 valence electrons. The molecule has 20 N–H and O–H groups in total. The lowest BCUT2D eigenvalue weighted by atomic mass is 10.0. The molecule has 1 fully saturated rings. The molecule has 9 amide bonds. The highest BCUT2D eigenvalue weighted by atomic mass is 16.4. The molecule has 79 heavy (non-hydrogen) atoms. The third kappa shape index (κ3) is 24.4. The van der Waals surface area contributed by atoms with Crippen LogP contribution in [0.5, 0.6) is 5.75 Å². The van der Waals surface area contributed by atoms with Gasteiger partial charge in [-0.15, -0.1) is 0 Å². The molecular formula is C49H77N13O17. The molecule has 0 radical (unpaired) electrons. The number of phenols is 1. The lowest BCUT2D eigenvalue weighted by Gasteiger charge is -2.31. The summed E-state index contributed by atoms with van der Waals surface area (Å²) in [5.74, 6) is -14.3. The molecule has 1 saturated heterocycles. The van der Waals surface area contributed by atoms with Crippen LogP contribution in [0, 0.1) is 11.8 Å². The van der Waals surface area contributed by atoms with Gasteiger partial charge in [0.2, 0.25) is 53.2 Å². The number of carboxylic acids is 3. The first kappa shape index (κ1) is 67.0. The van der Waals surface area contributed by atoms with Crippen molar-refractivity contribution in [3.63, 3.8) is 0 Å². The standard InChI is InChI=1S/C49H77N13O17/c1-24(2)19-28(50)40(70)55-29(7-5-17-54-49(52)53)41(71)61-35(23-63)45(75)58-33(22-39(68)69)44(74)56-30(13-15-37(51)65)42(72)57-31(14-16-38(66)67)47(77)62-18-6-8-36(62)46(76)59-32(20-25(3)4)43(73)60-34(48(78)79)21-26-9-11-27(64)12-10-26/h9-12,24-25,28-36,63-64H,5-8,13-23,50H2,1-4H3,(H2,51,65)(H,55,70)(H,56,74)(H,57,72)(H,58,75)(H,59,76)(H,60,73)(H,61,71)(H,66,67)(H,68,69)(H,78,79)(H4,52,53,54)/t28-,29-,30-,31-,32-,33-,34-,35-,36-/m0/s1. The second-order valence-corrected chi connectivity index (χ2v) is 19.9. The monoisotopic (exact) mass is 1120 g/mol. The third-order valence-electron chi connectivity index (χ3n) is 12.2. The summed E-state index contributed by atoms with van der Waals surface area (Å²) >= 11 is 0. The molecule has 0 unspecified atom stereocenters. The normalized spacial score (nSPS) is 16.1. The third-order valence-corrected chi connectivity index (χ3v) is 12.2. The van der Waals surface area contributed by atoms with E-state index in [0.29, 0.717) is 5.56 Å². The van der Waals surface area contributed by atoms with E-state index in [0.717, 1.165) is 4.90 Å². The highest BCUT2D eigenvalue weighted by molar-refractivity contribution is 5.99. The average molecular weight is 1120 g/mol. The number of carboxylic acid groups (broad SMARTS) is 3. The zero-order chi connectivity index (χ0) is 59.7. The molecule has 0 bridgehead atoms. The number of likely N-dealkylation sites (tertiary alicyclic amines) is 1. The van der Waals surface area contributed by atoms with Gasteiger partial charge in [-0.1, -0.05) is 39.8 Å².